The van der Waals surface area contributed by atoms with E-state index in [1.54, 1.807) is 12.1 Å². The third-order valence-corrected chi connectivity index (χ3v) is 6.08. The maximum atomic E-state index is 13.2. The van der Waals surface area contributed by atoms with Crippen LogP contribution in [0.4, 0.5) is 10.5 Å². The molecule has 1 amide bonds. The monoisotopic (exact) mass is 470 g/mol. The standard InChI is InChI=1S/C17H16Br2N2O4/c1-3-21(17(23)24-2)14-10(6-7-12(18)13(14)19)15(22)11-8-20-25-16(11)9-4-5-9/h6-9H,3-5H2,1-2H3. The Morgan fingerprint density at radius 3 is 2.64 bits per heavy atom. The lowest BCUT2D eigenvalue weighted by Crippen LogP contribution is -2.32. The summed E-state index contributed by atoms with van der Waals surface area (Å²) < 4.78 is 11.5. The Morgan fingerprint density at radius 2 is 2.04 bits per heavy atom. The van der Waals surface area contributed by atoms with E-state index in [4.69, 9.17) is 9.26 Å². The molecule has 0 unspecified atom stereocenters. The number of hydrogen-bond donors (Lipinski definition) is 0. The van der Waals surface area contributed by atoms with Crippen LogP contribution >= 0.6 is 31.9 Å². The van der Waals surface area contributed by atoms with Gasteiger partial charge in [-0.1, -0.05) is 5.16 Å². The molecule has 1 aliphatic rings. The number of anilines is 1. The quantitative estimate of drug-likeness (QED) is 0.580. The number of amides is 1. The zero-order valence-corrected chi connectivity index (χ0v) is 16.9. The molecular weight excluding hydrogens is 456 g/mol. The second-order valence-electron chi connectivity index (χ2n) is 5.68. The first-order chi connectivity index (χ1) is 12.0. The van der Waals surface area contributed by atoms with Gasteiger partial charge in [-0.3, -0.25) is 9.69 Å². The Bertz CT molecular complexity index is 830. The molecular formula is C17H16Br2N2O4. The lowest BCUT2D eigenvalue weighted by Gasteiger charge is -2.24. The molecule has 0 spiro atoms. The Hall–Kier alpha value is -1.67. The number of halogens is 2. The van der Waals surface area contributed by atoms with Gasteiger partial charge in [-0.2, -0.15) is 0 Å². The van der Waals surface area contributed by atoms with Crippen LogP contribution < -0.4 is 4.90 Å². The van der Waals surface area contributed by atoms with Crippen molar-refractivity contribution in [3.63, 3.8) is 0 Å². The topological polar surface area (TPSA) is 72.6 Å². The fourth-order valence-electron chi connectivity index (χ4n) is 2.68. The van der Waals surface area contributed by atoms with Crippen molar-refractivity contribution in [1.82, 2.24) is 5.16 Å². The van der Waals surface area contributed by atoms with Crippen LogP contribution in [0.5, 0.6) is 0 Å². The summed E-state index contributed by atoms with van der Waals surface area (Å²) >= 11 is 6.90. The van der Waals surface area contributed by atoms with Crippen molar-refractivity contribution in [2.45, 2.75) is 25.7 Å². The second-order valence-corrected chi connectivity index (χ2v) is 7.33. The molecule has 1 saturated carbocycles. The van der Waals surface area contributed by atoms with Crippen LogP contribution in [0.3, 0.4) is 0 Å². The van der Waals surface area contributed by atoms with Crippen molar-refractivity contribution in [3.8, 4) is 0 Å². The summed E-state index contributed by atoms with van der Waals surface area (Å²) in [5.74, 6) is 0.650. The van der Waals surface area contributed by atoms with Crippen LogP contribution in [0, 0.1) is 0 Å². The Balaban J connectivity index is 2.12. The lowest BCUT2D eigenvalue weighted by atomic mass is 10.0. The van der Waals surface area contributed by atoms with Crippen molar-refractivity contribution in [2.24, 2.45) is 0 Å². The van der Waals surface area contributed by atoms with Gasteiger partial charge >= 0.3 is 6.09 Å². The number of nitrogens with zero attached hydrogens (tertiary/aromatic N) is 2. The van der Waals surface area contributed by atoms with Gasteiger partial charge in [0.2, 0.25) is 0 Å². The van der Waals surface area contributed by atoms with E-state index < -0.39 is 6.09 Å². The average molecular weight is 472 g/mol. The van der Waals surface area contributed by atoms with Crippen LogP contribution in [-0.4, -0.2) is 30.7 Å². The number of hydrogen-bond acceptors (Lipinski definition) is 5. The van der Waals surface area contributed by atoms with Crippen LogP contribution in [0.15, 0.2) is 31.8 Å². The third kappa shape index (κ3) is 3.37. The number of carbonyl (C=O) groups is 2. The lowest BCUT2D eigenvalue weighted by molar-refractivity contribution is 0.103. The van der Waals surface area contributed by atoms with E-state index in [1.165, 1.54) is 18.2 Å². The van der Waals surface area contributed by atoms with Gasteiger partial charge in [-0.25, -0.2) is 4.79 Å². The van der Waals surface area contributed by atoms with Gasteiger partial charge in [0.1, 0.15) is 0 Å². The van der Waals surface area contributed by atoms with Crippen LogP contribution in [0.1, 0.15) is 47.4 Å². The van der Waals surface area contributed by atoms with Crippen molar-refractivity contribution in [2.75, 3.05) is 18.6 Å². The average Bonchev–Trinajstić information content (AvgIpc) is 3.35. The Morgan fingerprint density at radius 1 is 1.32 bits per heavy atom. The van der Waals surface area contributed by atoms with E-state index in [1.807, 2.05) is 6.92 Å². The molecule has 132 valence electrons. The van der Waals surface area contributed by atoms with Crippen molar-refractivity contribution in [3.05, 3.63) is 44.2 Å². The van der Waals surface area contributed by atoms with Gasteiger partial charge < -0.3 is 9.26 Å². The first kappa shape index (κ1) is 18.1. The summed E-state index contributed by atoms with van der Waals surface area (Å²) in [7, 11) is 1.31. The molecule has 3 rings (SSSR count). The number of ketones is 1. The first-order valence-electron chi connectivity index (χ1n) is 7.82. The SMILES string of the molecule is CCN(C(=O)OC)c1c(C(=O)c2cnoc2C2CC2)ccc(Br)c1Br. The molecule has 0 N–H and O–H groups in total. The zero-order valence-electron chi connectivity index (χ0n) is 13.7. The normalized spacial score (nSPS) is 13.6. The number of rotatable bonds is 5. The molecule has 6 nitrogen and oxygen atoms in total. The third-order valence-electron chi connectivity index (χ3n) is 4.09. The fraction of sp³-hybridized carbons (Fsp3) is 0.353. The molecule has 1 aromatic heterocycles. The molecule has 8 heteroatoms. The van der Waals surface area contributed by atoms with Gasteiger partial charge in [0.25, 0.3) is 0 Å². The largest absolute Gasteiger partial charge is 0.452 e. The molecule has 25 heavy (non-hydrogen) atoms. The van der Waals surface area contributed by atoms with E-state index in [-0.39, 0.29) is 11.7 Å². The van der Waals surface area contributed by atoms with Gasteiger partial charge in [0.15, 0.2) is 11.5 Å². The van der Waals surface area contributed by atoms with E-state index in [0.29, 0.717) is 33.6 Å². The minimum Gasteiger partial charge on any atom is -0.452 e. The summed E-state index contributed by atoms with van der Waals surface area (Å²) in [6, 6.07) is 3.44. The maximum absolute atomic E-state index is 13.2. The predicted octanol–water partition coefficient (Wildman–Crippen LogP) is 4.90. The summed E-state index contributed by atoms with van der Waals surface area (Å²) in [6.45, 7) is 2.16. The van der Waals surface area contributed by atoms with Crippen molar-refractivity contribution >= 4 is 49.4 Å². The second kappa shape index (κ2) is 7.29. The van der Waals surface area contributed by atoms with E-state index >= 15 is 0 Å². The Labute approximate surface area is 161 Å². The smallest absolute Gasteiger partial charge is 0.414 e. The molecule has 0 aliphatic heterocycles. The predicted molar refractivity (Wildman–Crippen MR) is 99.2 cm³/mol. The highest BCUT2D eigenvalue weighted by Crippen LogP contribution is 2.43. The molecule has 0 atom stereocenters. The van der Waals surface area contributed by atoms with E-state index in [0.717, 1.165) is 17.3 Å². The van der Waals surface area contributed by atoms with E-state index in [9.17, 15) is 9.59 Å². The minimum absolute atomic E-state index is 0.228. The summed E-state index contributed by atoms with van der Waals surface area (Å²) in [6.07, 6.45) is 2.90. The highest BCUT2D eigenvalue weighted by Gasteiger charge is 2.34. The summed E-state index contributed by atoms with van der Waals surface area (Å²) in [5.41, 5.74) is 1.28. The molecule has 0 radical (unpaired) electrons. The first-order valence-corrected chi connectivity index (χ1v) is 9.40. The van der Waals surface area contributed by atoms with Crippen molar-refractivity contribution < 1.29 is 18.8 Å². The van der Waals surface area contributed by atoms with Crippen LogP contribution in [0.25, 0.3) is 0 Å². The molecule has 1 fully saturated rings. The molecule has 2 aromatic rings. The highest BCUT2D eigenvalue weighted by molar-refractivity contribution is 9.13. The van der Waals surface area contributed by atoms with E-state index in [2.05, 4.69) is 37.0 Å². The highest BCUT2D eigenvalue weighted by atomic mass is 79.9. The minimum atomic E-state index is -0.539. The van der Waals surface area contributed by atoms with Crippen LogP contribution in [-0.2, 0) is 4.74 Å². The van der Waals surface area contributed by atoms with Gasteiger partial charge in [0.05, 0.1) is 29.0 Å². The fourth-order valence-corrected chi connectivity index (χ4v) is 3.56. The molecule has 1 aliphatic carbocycles. The Kier molecular flexibility index (Phi) is 5.29. The van der Waals surface area contributed by atoms with Crippen molar-refractivity contribution in [1.29, 1.82) is 0 Å². The number of benzene rings is 1. The zero-order chi connectivity index (χ0) is 18.1. The summed E-state index contributed by atoms with van der Waals surface area (Å²) in [5, 5.41) is 3.79. The molecule has 1 aromatic carbocycles. The molecule has 1 heterocycles. The summed E-state index contributed by atoms with van der Waals surface area (Å²) in [4.78, 5) is 26.7. The molecule has 0 bridgehead atoms. The van der Waals surface area contributed by atoms with Gasteiger partial charge in [-0.05, 0) is 63.8 Å². The van der Waals surface area contributed by atoms with Crippen LogP contribution in [0.2, 0.25) is 0 Å². The molecule has 0 saturated heterocycles. The number of ether oxygens (including phenoxy) is 1. The maximum Gasteiger partial charge on any atom is 0.414 e. The number of carbonyl (C=O) groups excluding carboxylic acids is 2. The number of aromatic nitrogens is 1. The number of methoxy groups -OCH3 is 1. The van der Waals surface area contributed by atoms with Gasteiger partial charge in [-0.15, -0.1) is 0 Å². The van der Waals surface area contributed by atoms with Gasteiger partial charge in [0, 0.05) is 22.5 Å².